The standard InChI is InChI=1S/C25H22Cl2N2O8S/c1-36-21-11-8-18(14-20(21)27)29-25(33)37-13-12-22(24(31)32)38(34,35)19-9-6-17(7-10-19)28-23(30)15-2-4-16(26)5-3-15/h2-11,14,22H,12-13H2,1H3,(H,28,30)(H,29,33)(H,31,32). The van der Waals surface area contributed by atoms with Gasteiger partial charge in [0, 0.05) is 28.4 Å². The van der Waals surface area contributed by atoms with E-state index in [0.29, 0.717) is 27.7 Å². The molecule has 3 aromatic carbocycles. The van der Waals surface area contributed by atoms with Gasteiger partial charge in [0.2, 0.25) is 0 Å². The van der Waals surface area contributed by atoms with E-state index < -0.39 is 46.1 Å². The number of aliphatic carboxylic acids is 1. The molecule has 0 spiro atoms. The zero-order chi connectivity index (χ0) is 27.9. The molecule has 0 heterocycles. The predicted molar refractivity (Wildman–Crippen MR) is 142 cm³/mol. The minimum absolute atomic E-state index is 0.248. The van der Waals surface area contributed by atoms with Crippen molar-refractivity contribution in [1.29, 1.82) is 0 Å². The van der Waals surface area contributed by atoms with Crippen molar-refractivity contribution in [1.82, 2.24) is 0 Å². The third-order valence-corrected chi connectivity index (χ3v) is 7.87. The number of carbonyl (C=O) groups excluding carboxylic acids is 2. The third kappa shape index (κ3) is 7.37. The molecule has 10 nitrogen and oxygen atoms in total. The first-order valence-corrected chi connectivity index (χ1v) is 13.2. The number of benzene rings is 3. The second-order valence-corrected chi connectivity index (χ2v) is 10.7. The number of rotatable bonds is 10. The van der Waals surface area contributed by atoms with Crippen LogP contribution in [0.3, 0.4) is 0 Å². The lowest BCUT2D eigenvalue weighted by Gasteiger charge is -2.15. The van der Waals surface area contributed by atoms with Crippen molar-refractivity contribution in [2.75, 3.05) is 24.4 Å². The highest BCUT2D eigenvalue weighted by Crippen LogP contribution is 2.27. The lowest BCUT2D eigenvalue weighted by Crippen LogP contribution is -2.32. The Hall–Kier alpha value is -3.80. The number of nitrogens with one attached hydrogen (secondary N) is 2. The first kappa shape index (κ1) is 28.8. The Balaban J connectivity index is 1.60. The highest BCUT2D eigenvalue weighted by atomic mass is 35.5. The van der Waals surface area contributed by atoms with Crippen molar-refractivity contribution in [3.8, 4) is 5.75 Å². The average Bonchev–Trinajstić information content (AvgIpc) is 2.87. The maximum atomic E-state index is 13.0. The van der Waals surface area contributed by atoms with E-state index in [-0.39, 0.29) is 9.92 Å². The van der Waals surface area contributed by atoms with Crippen LogP contribution in [0.25, 0.3) is 0 Å². The molecule has 1 unspecified atom stereocenters. The first-order valence-electron chi connectivity index (χ1n) is 10.9. The van der Waals surface area contributed by atoms with Crippen LogP contribution in [0.1, 0.15) is 16.8 Å². The van der Waals surface area contributed by atoms with Crippen LogP contribution in [-0.4, -0.2) is 50.5 Å². The maximum Gasteiger partial charge on any atom is 0.411 e. The zero-order valence-electron chi connectivity index (χ0n) is 19.8. The second kappa shape index (κ2) is 12.6. The summed E-state index contributed by atoms with van der Waals surface area (Å²) >= 11 is 11.8. The number of amides is 2. The molecular weight excluding hydrogens is 559 g/mol. The largest absolute Gasteiger partial charge is 0.495 e. The van der Waals surface area contributed by atoms with Gasteiger partial charge in [0.15, 0.2) is 15.1 Å². The fourth-order valence-corrected chi connectivity index (χ4v) is 5.16. The van der Waals surface area contributed by atoms with Crippen LogP contribution in [0.4, 0.5) is 16.2 Å². The Bertz CT molecular complexity index is 1430. The Morgan fingerprint density at radius 1 is 0.921 bits per heavy atom. The van der Waals surface area contributed by atoms with E-state index in [2.05, 4.69) is 10.6 Å². The molecule has 1 atom stereocenters. The normalized spacial score (nSPS) is 11.8. The molecule has 13 heteroatoms. The second-order valence-electron chi connectivity index (χ2n) is 7.76. The van der Waals surface area contributed by atoms with E-state index in [1.165, 1.54) is 61.7 Å². The molecule has 3 rings (SSSR count). The van der Waals surface area contributed by atoms with Crippen LogP contribution < -0.4 is 15.4 Å². The molecule has 200 valence electrons. The topological polar surface area (TPSA) is 148 Å². The summed E-state index contributed by atoms with van der Waals surface area (Å²) in [6, 6.07) is 15.7. The summed E-state index contributed by atoms with van der Waals surface area (Å²) in [6.07, 6.45) is -1.42. The molecule has 0 saturated carbocycles. The lowest BCUT2D eigenvalue weighted by molar-refractivity contribution is -0.136. The first-order chi connectivity index (χ1) is 18.0. The molecule has 3 aromatic rings. The van der Waals surface area contributed by atoms with Crippen LogP contribution in [0, 0.1) is 0 Å². The average molecular weight is 581 g/mol. The molecule has 0 aliphatic heterocycles. The molecule has 0 aliphatic carbocycles. The minimum atomic E-state index is -4.34. The van der Waals surface area contributed by atoms with Gasteiger partial charge in [-0.1, -0.05) is 23.2 Å². The predicted octanol–water partition coefficient (Wildman–Crippen LogP) is 5.12. The summed E-state index contributed by atoms with van der Waals surface area (Å²) < 4.78 is 35.9. The number of sulfone groups is 1. The summed E-state index contributed by atoms with van der Waals surface area (Å²) in [5.74, 6) is -1.64. The highest BCUT2D eigenvalue weighted by molar-refractivity contribution is 7.92. The quantitative estimate of drug-likeness (QED) is 0.299. The number of halogens is 2. The van der Waals surface area contributed by atoms with Crippen molar-refractivity contribution < 1.29 is 37.4 Å². The van der Waals surface area contributed by atoms with E-state index in [0.717, 1.165) is 0 Å². The van der Waals surface area contributed by atoms with Crippen LogP contribution in [-0.2, 0) is 19.4 Å². The molecule has 0 aliphatic rings. The number of anilines is 2. The summed E-state index contributed by atoms with van der Waals surface area (Å²) in [5, 5.41) is 13.4. The molecule has 38 heavy (non-hydrogen) atoms. The number of ether oxygens (including phenoxy) is 2. The van der Waals surface area contributed by atoms with Crippen LogP contribution in [0.5, 0.6) is 5.75 Å². The minimum Gasteiger partial charge on any atom is -0.495 e. The third-order valence-electron chi connectivity index (χ3n) is 5.21. The number of carboxylic acid groups (broad SMARTS) is 1. The van der Waals surface area contributed by atoms with Gasteiger partial charge in [0.1, 0.15) is 5.75 Å². The fraction of sp³-hybridized carbons (Fsp3) is 0.160. The van der Waals surface area contributed by atoms with Crippen LogP contribution in [0.15, 0.2) is 71.6 Å². The molecule has 0 aromatic heterocycles. The maximum absolute atomic E-state index is 13.0. The van der Waals surface area contributed by atoms with E-state index >= 15 is 0 Å². The van der Waals surface area contributed by atoms with Gasteiger partial charge in [0.25, 0.3) is 5.91 Å². The molecule has 3 N–H and O–H groups in total. The van der Waals surface area contributed by atoms with Crippen LogP contribution in [0.2, 0.25) is 10.0 Å². The molecule has 2 amide bonds. The van der Waals surface area contributed by atoms with Gasteiger partial charge in [-0.15, -0.1) is 0 Å². The number of carboxylic acids is 1. The van der Waals surface area contributed by atoms with Gasteiger partial charge in [-0.3, -0.25) is 14.9 Å². The van der Waals surface area contributed by atoms with E-state index in [1.54, 1.807) is 12.1 Å². The molecule has 0 fully saturated rings. The van der Waals surface area contributed by atoms with E-state index in [1.807, 2.05) is 0 Å². The SMILES string of the molecule is COc1ccc(NC(=O)OCCC(C(=O)O)S(=O)(=O)c2ccc(NC(=O)c3ccc(Cl)cc3)cc2)cc1Cl. The van der Waals surface area contributed by atoms with Crippen molar-refractivity contribution in [3.63, 3.8) is 0 Å². The highest BCUT2D eigenvalue weighted by Gasteiger charge is 2.34. The van der Waals surface area contributed by atoms with Gasteiger partial charge in [-0.25, -0.2) is 13.2 Å². The monoisotopic (exact) mass is 580 g/mol. The number of hydrogen-bond acceptors (Lipinski definition) is 7. The Kier molecular flexibility index (Phi) is 9.56. The van der Waals surface area contributed by atoms with Crippen molar-refractivity contribution in [2.24, 2.45) is 0 Å². The summed E-state index contributed by atoms with van der Waals surface area (Å²) in [5.41, 5.74) is 0.942. The fourth-order valence-electron chi connectivity index (χ4n) is 3.26. The Labute approximate surface area is 228 Å². The number of methoxy groups -OCH3 is 1. The summed E-state index contributed by atoms with van der Waals surface area (Å²) in [7, 11) is -2.91. The van der Waals surface area contributed by atoms with Gasteiger partial charge in [0.05, 0.1) is 23.6 Å². The van der Waals surface area contributed by atoms with Crippen LogP contribution >= 0.6 is 23.2 Å². The van der Waals surface area contributed by atoms with Gasteiger partial charge in [-0.2, -0.15) is 0 Å². The Morgan fingerprint density at radius 3 is 2.13 bits per heavy atom. The van der Waals surface area contributed by atoms with Gasteiger partial charge < -0.3 is 19.9 Å². The van der Waals surface area contributed by atoms with Crippen molar-refractivity contribution in [2.45, 2.75) is 16.6 Å². The molecule has 0 saturated heterocycles. The molecule has 0 radical (unpaired) electrons. The molecule has 0 bridgehead atoms. The molecular formula is C25H22Cl2N2O8S. The summed E-state index contributed by atoms with van der Waals surface area (Å²) in [6.45, 7) is -0.485. The van der Waals surface area contributed by atoms with E-state index in [4.69, 9.17) is 32.7 Å². The zero-order valence-corrected chi connectivity index (χ0v) is 22.1. The lowest BCUT2D eigenvalue weighted by atomic mass is 10.2. The number of hydrogen-bond donors (Lipinski definition) is 3. The van der Waals surface area contributed by atoms with Gasteiger partial charge in [-0.05, 0) is 66.7 Å². The smallest absolute Gasteiger partial charge is 0.411 e. The van der Waals surface area contributed by atoms with E-state index in [9.17, 15) is 27.9 Å². The number of carbonyl (C=O) groups is 3. The Morgan fingerprint density at radius 2 is 1.55 bits per heavy atom. The van der Waals surface area contributed by atoms with Gasteiger partial charge >= 0.3 is 12.1 Å². The summed E-state index contributed by atoms with van der Waals surface area (Å²) in [4.78, 5) is 35.9. The van der Waals surface area contributed by atoms with Crippen molar-refractivity contribution >= 4 is 62.4 Å². The van der Waals surface area contributed by atoms with Crippen molar-refractivity contribution in [3.05, 3.63) is 82.3 Å².